The molecule has 0 aromatic carbocycles. The average molecular weight is 547 g/mol. The smallest absolute Gasteiger partial charge is 0.410 e. The first-order valence-corrected chi connectivity index (χ1v) is 11.0. The number of aliphatic imine (C=N–C) groups is 1. The molecule has 176 valence electrons. The van der Waals surface area contributed by atoms with Crippen LogP contribution in [0, 0.1) is 12.8 Å². The van der Waals surface area contributed by atoms with E-state index in [1.165, 1.54) is 12.8 Å². The van der Waals surface area contributed by atoms with E-state index in [1.807, 2.05) is 44.2 Å². The van der Waals surface area contributed by atoms with Gasteiger partial charge < -0.3 is 24.4 Å². The summed E-state index contributed by atoms with van der Waals surface area (Å²) in [6, 6.07) is 0.219. The lowest BCUT2D eigenvalue weighted by atomic mass is 10.0. The van der Waals surface area contributed by atoms with Crippen molar-refractivity contribution in [3.05, 3.63) is 11.6 Å². The van der Waals surface area contributed by atoms with E-state index >= 15 is 0 Å². The zero-order valence-corrected chi connectivity index (χ0v) is 22.0. The molecule has 1 amide bonds. The number of likely N-dealkylation sites (tertiary alicyclic amines) is 1. The van der Waals surface area contributed by atoms with Gasteiger partial charge in [0.2, 0.25) is 0 Å². The van der Waals surface area contributed by atoms with Gasteiger partial charge in [-0.3, -0.25) is 4.99 Å². The van der Waals surface area contributed by atoms with Crippen LogP contribution in [0.15, 0.2) is 4.99 Å². The molecule has 10 heteroatoms. The lowest BCUT2D eigenvalue weighted by Crippen LogP contribution is -2.52. The summed E-state index contributed by atoms with van der Waals surface area (Å²) in [6.45, 7) is 10.8. The number of hydrogen-bond donors (Lipinski definition) is 1. The maximum Gasteiger partial charge on any atom is 0.410 e. The number of ether oxygens (including phenoxy) is 1. The normalized spacial score (nSPS) is 17.9. The Bertz CT molecular complexity index is 762. The van der Waals surface area contributed by atoms with Crippen molar-refractivity contribution in [2.24, 2.45) is 18.0 Å². The van der Waals surface area contributed by atoms with E-state index in [9.17, 15) is 4.79 Å². The first kappa shape index (κ1) is 25.7. The van der Waals surface area contributed by atoms with Gasteiger partial charge in [-0.1, -0.05) is 0 Å². The molecule has 2 fully saturated rings. The minimum atomic E-state index is -0.469. The number of piperidine rings is 1. The third kappa shape index (κ3) is 7.21. The molecule has 3 rings (SSSR count). The van der Waals surface area contributed by atoms with Crippen LogP contribution in [0.2, 0.25) is 0 Å². The van der Waals surface area contributed by atoms with Gasteiger partial charge in [0.1, 0.15) is 11.4 Å². The summed E-state index contributed by atoms with van der Waals surface area (Å²) in [5.74, 6) is 3.27. The van der Waals surface area contributed by atoms with E-state index < -0.39 is 5.60 Å². The largest absolute Gasteiger partial charge is 0.444 e. The molecule has 0 radical (unpaired) electrons. The van der Waals surface area contributed by atoms with Crippen LogP contribution in [0.4, 0.5) is 4.79 Å². The molecule has 0 bridgehead atoms. The lowest BCUT2D eigenvalue weighted by molar-refractivity contribution is 0.00928. The van der Waals surface area contributed by atoms with Crippen LogP contribution in [-0.4, -0.2) is 74.9 Å². The molecule has 0 atom stereocenters. The Morgan fingerprint density at radius 1 is 1.23 bits per heavy atom. The topological polar surface area (TPSA) is 87.9 Å². The van der Waals surface area contributed by atoms with Gasteiger partial charge in [-0.25, -0.2) is 4.79 Å². The van der Waals surface area contributed by atoms with Crippen LogP contribution >= 0.6 is 24.0 Å². The molecule has 31 heavy (non-hydrogen) atoms. The minimum Gasteiger partial charge on any atom is -0.444 e. The summed E-state index contributed by atoms with van der Waals surface area (Å²) < 4.78 is 7.68. The molecule has 1 N–H and O–H groups in total. The van der Waals surface area contributed by atoms with Crippen molar-refractivity contribution in [3.63, 3.8) is 0 Å². The van der Waals surface area contributed by atoms with Crippen molar-refractivity contribution in [2.75, 3.05) is 26.7 Å². The first-order valence-electron chi connectivity index (χ1n) is 11.0. The second-order valence-corrected chi connectivity index (χ2v) is 9.42. The van der Waals surface area contributed by atoms with Crippen molar-refractivity contribution in [1.29, 1.82) is 0 Å². The first-order chi connectivity index (χ1) is 14.2. The average Bonchev–Trinajstić information content (AvgIpc) is 3.46. The van der Waals surface area contributed by atoms with Crippen LogP contribution in [0.25, 0.3) is 0 Å². The molecule has 1 aromatic rings. The standard InChI is InChI=1S/C21H37N7O2.HI/c1-15-24-25-18(26(15)6)13-23-19(22-5)27-11-9-17(10-12-27)28(14-16-7-8-16)20(29)30-21(2,3)4;/h16-17H,7-14H2,1-6H3,(H,22,23);1H. The molecule has 1 saturated carbocycles. The van der Waals surface area contributed by atoms with Crippen LogP contribution in [0.1, 0.15) is 58.1 Å². The Kier molecular flexibility index (Phi) is 8.96. The minimum absolute atomic E-state index is 0. The summed E-state index contributed by atoms with van der Waals surface area (Å²) in [5.41, 5.74) is -0.469. The van der Waals surface area contributed by atoms with Gasteiger partial charge in [0.05, 0.1) is 6.54 Å². The predicted molar refractivity (Wildman–Crippen MR) is 132 cm³/mol. The summed E-state index contributed by atoms with van der Waals surface area (Å²) in [6.07, 6.45) is 4.09. The highest BCUT2D eigenvalue weighted by Crippen LogP contribution is 2.32. The van der Waals surface area contributed by atoms with Gasteiger partial charge in [0, 0.05) is 39.8 Å². The van der Waals surface area contributed by atoms with Crippen molar-refractivity contribution < 1.29 is 9.53 Å². The van der Waals surface area contributed by atoms with Gasteiger partial charge in [0.25, 0.3) is 0 Å². The summed E-state index contributed by atoms with van der Waals surface area (Å²) in [7, 11) is 3.77. The highest BCUT2D eigenvalue weighted by molar-refractivity contribution is 14.0. The number of halogens is 1. The fourth-order valence-corrected chi connectivity index (χ4v) is 3.76. The number of aryl methyl sites for hydroxylation is 1. The molecule has 2 aliphatic rings. The third-order valence-electron chi connectivity index (χ3n) is 5.78. The number of aromatic nitrogens is 3. The quantitative estimate of drug-likeness (QED) is 0.347. The van der Waals surface area contributed by atoms with E-state index in [4.69, 9.17) is 4.74 Å². The molecule has 1 aliphatic carbocycles. The number of carbonyl (C=O) groups is 1. The second kappa shape index (κ2) is 10.8. The molecule has 1 saturated heterocycles. The fraction of sp³-hybridized carbons (Fsp3) is 0.810. The maximum absolute atomic E-state index is 12.8. The predicted octanol–water partition coefficient (Wildman–Crippen LogP) is 2.93. The molecule has 9 nitrogen and oxygen atoms in total. The maximum atomic E-state index is 12.8. The monoisotopic (exact) mass is 547 g/mol. The van der Waals surface area contributed by atoms with E-state index in [0.29, 0.717) is 12.5 Å². The van der Waals surface area contributed by atoms with Crippen molar-refractivity contribution in [3.8, 4) is 0 Å². The van der Waals surface area contributed by atoms with Gasteiger partial charge in [0.15, 0.2) is 11.8 Å². The van der Waals surface area contributed by atoms with Gasteiger partial charge in [-0.2, -0.15) is 0 Å². The molecule has 2 heterocycles. The highest BCUT2D eigenvalue weighted by Gasteiger charge is 2.35. The zero-order valence-electron chi connectivity index (χ0n) is 19.7. The van der Waals surface area contributed by atoms with E-state index in [0.717, 1.165) is 50.1 Å². The number of carbonyl (C=O) groups excluding carboxylic acids is 1. The van der Waals surface area contributed by atoms with Crippen molar-refractivity contribution in [2.45, 2.75) is 71.6 Å². The summed E-state index contributed by atoms with van der Waals surface area (Å²) in [5, 5.41) is 11.7. The summed E-state index contributed by atoms with van der Waals surface area (Å²) >= 11 is 0. The van der Waals surface area contributed by atoms with Crippen molar-refractivity contribution in [1.82, 2.24) is 29.9 Å². The Balaban J connectivity index is 0.00000341. The van der Waals surface area contributed by atoms with Gasteiger partial charge in [-0.05, 0) is 59.3 Å². The Morgan fingerprint density at radius 2 is 1.87 bits per heavy atom. The third-order valence-corrected chi connectivity index (χ3v) is 5.78. The SMILES string of the molecule is CN=C(NCc1nnc(C)n1C)N1CCC(N(CC2CC2)C(=O)OC(C)(C)C)CC1.I. The molecule has 0 unspecified atom stereocenters. The Hall–Kier alpha value is -1.59. The molecular formula is C21H38IN7O2. The summed E-state index contributed by atoms with van der Waals surface area (Å²) in [4.78, 5) is 21.5. The number of nitrogens with one attached hydrogen (secondary N) is 1. The number of nitrogens with zero attached hydrogens (tertiary/aromatic N) is 6. The van der Waals surface area contributed by atoms with Crippen molar-refractivity contribution >= 4 is 36.0 Å². The molecule has 1 aliphatic heterocycles. The number of guanidine groups is 1. The van der Waals surface area contributed by atoms with Crippen LogP contribution in [-0.2, 0) is 18.3 Å². The van der Waals surface area contributed by atoms with Gasteiger partial charge >= 0.3 is 6.09 Å². The second-order valence-electron chi connectivity index (χ2n) is 9.42. The fourth-order valence-electron chi connectivity index (χ4n) is 3.76. The molecular weight excluding hydrogens is 509 g/mol. The van der Waals surface area contributed by atoms with E-state index in [1.54, 1.807) is 7.05 Å². The number of rotatable bonds is 5. The lowest BCUT2D eigenvalue weighted by Gasteiger charge is -2.40. The van der Waals surface area contributed by atoms with Gasteiger partial charge in [-0.15, -0.1) is 34.2 Å². The zero-order chi connectivity index (χ0) is 21.9. The number of hydrogen-bond acceptors (Lipinski definition) is 5. The number of amides is 1. The highest BCUT2D eigenvalue weighted by atomic mass is 127. The van der Waals surface area contributed by atoms with E-state index in [-0.39, 0.29) is 36.1 Å². The Labute approximate surface area is 203 Å². The van der Waals surface area contributed by atoms with E-state index in [2.05, 4.69) is 25.4 Å². The van der Waals surface area contributed by atoms with Crippen LogP contribution in [0.3, 0.4) is 0 Å². The Morgan fingerprint density at radius 3 is 2.35 bits per heavy atom. The molecule has 0 spiro atoms. The molecule has 1 aromatic heterocycles. The van der Waals surface area contributed by atoms with Crippen LogP contribution < -0.4 is 5.32 Å². The van der Waals surface area contributed by atoms with Crippen LogP contribution in [0.5, 0.6) is 0 Å².